The van der Waals surface area contributed by atoms with Gasteiger partial charge in [-0.15, -0.1) is 0 Å². The highest BCUT2D eigenvalue weighted by molar-refractivity contribution is 5.76. The lowest BCUT2D eigenvalue weighted by Gasteiger charge is -2.17. The third-order valence-corrected chi connectivity index (χ3v) is 3.63. The first-order valence-electron chi connectivity index (χ1n) is 6.01. The van der Waals surface area contributed by atoms with Crippen LogP contribution in [0.4, 0.5) is 0 Å². The molecular formula is C14H18O2. The van der Waals surface area contributed by atoms with Crippen molar-refractivity contribution in [1.29, 1.82) is 0 Å². The fraction of sp³-hybridized carbons (Fsp3) is 0.500. The second kappa shape index (κ2) is 4.69. The monoisotopic (exact) mass is 218 g/mol. The molecule has 1 N–H and O–H groups in total. The lowest BCUT2D eigenvalue weighted by atomic mass is 9.87. The molecule has 0 heterocycles. The molecule has 0 spiro atoms. The van der Waals surface area contributed by atoms with Gasteiger partial charge >= 0.3 is 5.97 Å². The number of aliphatic carboxylic acids is 1. The Bertz CT molecular complexity index is 378. The minimum Gasteiger partial charge on any atom is -0.481 e. The molecule has 1 fully saturated rings. The third-order valence-electron chi connectivity index (χ3n) is 3.63. The highest BCUT2D eigenvalue weighted by Gasteiger charge is 2.23. The SMILES string of the molecule is CC(C(=O)O)c1ccccc1C1CCCC1. The molecule has 2 rings (SSSR count). The van der Waals surface area contributed by atoms with Gasteiger partial charge in [-0.25, -0.2) is 0 Å². The number of rotatable bonds is 3. The molecule has 86 valence electrons. The van der Waals surface area contributed by atoms with Gasteiger partial charge in [-0.3, -0.25) is 4.79 Å². The van der Waals surface area contributed by atoms with Gasteiger partial charge in [0, 0.05) is 0 Å². The predicted molar refractivity (Wildman–Crippen MR) is 63.7 cm³/mol. The van der Waals surface area contributed by atoms with E-state index in [-0.39, 0.29) is 0 Å². The Morgan fingerprint density at radius 2 is 1.94 bits per heavy atom. The zero-order valence-corrected chi connectivity index (χ0v) is 9.65. The van der Waals surface area contributed by atoms with Crippen molar-refractivity contribution < 1.29 is 9.90 Å². The molecule has 16 heavy (non-hydrogen) atoms. The lowest BCUT2D eigenvalue weighted by Crippen LogP contribution is -2.11. The van der Waals surface area contributed by atoms with Crippen molar-refractivity contribution in [2.45, 2.75) is 44.4 Å². The smallest absolute Gasteiger partial charge is 0.310 e. The summed E-state index contributed by atoms with van der Waals surface area (Å²) >= 11 is 0. The largest absolute Gasteiger partial charge is 0.481 e. The molecule has 2 heteroatoms. The van der Waals surface area contributed by atoms with Crippen LogP contribution < -0.4 is 0 Å². The fourth-order valence-electron chi connectivity index (χ4n) is 2.65. The molecule has 1 aromatic rings. The summed E-state index contributed by atoms with van der Waals surface area (Å²) in [7, 11) is 0. The van der Waals surface area contributed by atoms with Gasteiger partial charge in [-0.1, -0.05) is 37.1 Å². The summed E-state index contributed by atoms with van der Waals surface area (Å²) in [5, 5.41) is 9.10. The van der Waals surface area contributed by atoms with Crippen LogP contribution in [0.3, 0.4) is 0 Å². The normalized spacial score (nSPS) is 18.6. The van der Waals surface area contributed by atoms with Crippen molar-refractivity contribution >= 4 is 5.97 Å². The Hall–Kier alpha value is -1.31. The van der Waals surface area contributed by atoms with Crippen LogP contribution in [-0.4, -0.2) is 11.1 Å². The van der Waals surface area contributed by atoms with E-state index >= 15 is 0 Å². The van der Waals surface area contributed by atoms with E-state index in [1.165, 1.54) is 31.2 Å². The minimum absolute atomic E-state index is 0.392. The van der Waals surface area contributed by atoms with E-state index in [9.17, 15) is 4.79 Å². The molecule has 0 saturated heterocycles. The van der Waals surface area contributed by atoms with Gasteiger partial charge in [0.1, 0.15) is 0 Å². The maximum Gasteiger partial charge on any atom is 0.310 e. The molecule has 0 aromatic heterocycles. The van der Waals surface area contributed by atoms with Crippen molar-refractivity contribution in [1.82, 2.24) is 0 Å². The predicted octanol–water partition coefficient (Wildman–Crippen LogP) is 3.53. The van der Waals surface area contributed by atoms with Gasteiger partial charge in [0.05, 0.1) is 5.92 Å². The van der Waals surface area contributed by atoms with Gasteiger partial charge in [0.25, 0.3) is 0 Å². The highest BCUT2D eigenvalue weighted by Crippen LogP contribution is 2.37. The number of hydrogen-bond acceptors (Lipinski definition) is 1. The highest BCUT2D eigenvalue weighted by atomic mass is 16.4. The first kappa shape index (κ1) is 11.2. The number of hydrogen-bond donors (Lipinski definition) is 1. The Morgan fingerprint density at radius 3 is 2.56 bits per heavy atom. The van der Waals surface area contributed by atoms with Crippen molar-refractivity contribution in [2.75, 3.05) is 0 Å². The number of carboxylic acid groups (broad SMARTS) is 1. The van der Waals surface area contributed by atoms with Crippen LogP contribution in [0.25, 0.3) is 0 Å². The summed E-state index contributed by atoms with van der Waals surface area (Å²) in [6, 6.07) is 8.02. The number of carbonyl (C=O) groups is 1. The maximum atomic E-state index is 11.1. The zero-order chi connectivity index (χ0) is 11.5. The van der Waals surface area contributed by atoms with Gasteiger partial charge < -0.3 is 5.11 Å². The molecule has 1 aliphatic carbocycles. The average molecular weight is 218 g/mol. The Morgan fingerprint density at radius 1 is 1.31 bits per heavy atom. The van der Waals surface area contributed by atoms with Gasteiger partial charge in [0.2, 0.25) is 0 Å². The number of benzene rings is 1. The molecule has 1 aliphatic rings. The summed E-state index contributed by atoms with van der Waals surface area (Å²) in [5.74, 6) is -0.541. The van der Waals surface area contributed by atoms with Crippen molar-refractivity contribution in [2.24, 2.45) is 0 Å². The lowest BCUT2D eigenvalue weighted by molar-refractivity contribution is -0.138. The molecule has 0 bridgehead atoms. The second-order valence-corrected chi connectivity index (χ2v) is 4.67. The number of carboxylic acids is 1. The van der Waals surface area contributed by atoms with Crippen molar-refractivity contribution in [3.8, 4) is 0 Å². The topological polar surface area (TPSA) is 37.3 Å². The van der Waals surface area contributed by atoms with Gasteiger partial charge in [0.15, 0.2) is 0 Å². The maximum absolute atomic E-state index is 11.1. The Labute approximate surface area is 96.3 Å². The zero-order valence-electron chi connectivity index (χ0n) is 9.65. The Balaban J connectivity index is 2.33. The second-order valence-electron chi connectivity index (χ2n) is 4.67. The van der Waals surface area contributed by atoms with Gasteiger partial charge in [-0.2, -0.15) is 0 Å². The first-order valence-corrected chi connectivity index (χ1v) is 6.01. The average Bonchev–Trinajstić information content (AvgIpc) is 2.81. The molecule has 0 amide bonds. The van der Waals surface area contributed by atoms with Crippen molar-refractivity contribution in [3.05, 3.63) is 35.4 Å². The minimum atomic E-state index is -0.731. The third kappa shape index (κ3) is 2.11. The van der Waals surface area contributed by atoms with Crippen LogP contribution in [0.1, 0.15) is 55.6 Å². The van der Waals surface area contributed by atoms with E-state index in [0.29, 0.717) is 5.92 Å². The molecule has 0 aliphatic heterocycles. The van der Waals surface area contributed by atoms with Gasteiger partial charge in [-0.05, 0) is 36.8 Å². The fourth-order valence-corrected chi connectivity index (χ4v) is 2.65. The summed E-state index contributed by atoms with van der Waals surface area (Å²) in [4.78, 5) is 11.1. The van der Waals surface area contributed by atoms with Crippen LogP contribution in [0, 0.1) is 0 Å². The molecule has 1 saturated carbocycles. The quantitative estimate of drug-likeness (QED) is 0.842. The van der Waals surface area contributed by atoms with E-state index in [1.807, 2.05) is 18.2 Å². The van der Waals surface area contributed by atoms with Crippen LogP contribution in [0.5, 0.6) is 0 Å². The van der Waals surface area contributed by atoms with E-state index in [0.717, 1.165) is 5.56 Å². The standard InChI is InChI=1S/C14H18O2/c1-10(14(15)16)12-8-4-5-9-13(12)11-6-2-3-7-11/h4-5,8-11H,2-3,6-7H2,1H3,(H,15,16). The van der Waals surface area contributed by atoms with E-state index in [1.54, 1.807) is 6.92 Å². The summed E-state index contributed by atoms with van der Waals surface area (Å²) in [6.07, 6.45) is 4.98. The molecule has 1 atom stereocenters. The van der Waals surface area contributed by atoms with E-state index in [4.69, 9.17) is 5.11 Å². The Kier molecular flexibility index (Phi) is 3.28. The molecular weight excluding hydrogens is 200 g/mol. The van der Waals surface area contributed by atoms with Crippen LogP contribution in [0.15, 0.2) is 24.3 Å². The summed E-state index contributed by atoms with van der Waals surface area (Å²) < 4.78 is 0. The first-order chi connectivity index (χ1) is 7.70. The van der Waals surface area contributed by atoms with Crippen LogP contribution >= 0.6 is 0 Å². The van der Waals surface area contributed by atoms with Crippen LogP contribution in [0.2, 0.25) is 0 Å². The molecule has 1 aromatic carbocycles. The van der Waals surface area contributed by atoms with E-state index in [2.05, 4.69) is 6.07 Å². The van der Waals surface area contributed by atoms with Crippen molar-refractivity contribution in [3.63, 3.8) is 0 Å². The van der Waals surface area contributed by atoms with Crippen LogP contribution in [-0.2, 0) is 4.79 Å². The summed E-state index contributed by atoms with van der Waals surface area (Å²) in [5.41, 5.74) is 2.26. The molecule has 1 unspecified atom stereocenters. The van der Waals surface area contributed by atoms with E-state index < -0.39 is 11.9 Å². The molecule has 2 nitrogen and oxygen atoms in total. The molecule has 0 radical (unpaired) electrons. The summed E-state index contributed by atoms with van der Waals surface area (Å²) in [6.45, 7) is 1.77.